The number of hydrogen-bond acceptors (Lipinski definition) is 4. The fourth-order valence-corrected chi connectivity index (χ4v) is 4.49. The van der Waals surface area contributed by atoms with E-state index >= 15 is 0 Å². The zero-order chi connectivity index (χ0) is 21.6. The molecule has 0 spiro atoms. The summed E-state index contributed by atoms with van der Waals surface area (Å²) < 4.78 is 11.4. The van der Waals surface area contributed by atoms with Crippen molar-refractivity contribution in [3.63, 3.8) is 0 Å². The van der Waals surface area contributed by atoms with E-state index in [1.165, 1.54) is 12.8 Å². The van der Waals surface area contributed by atoms with E-state index in [1.54, 1.807) is 7.11 Å². The second kappa shape index (κ2) is 9.86. The summed E-state index contributed by atoms with van der Waals surface area (Å²) in [4.78, 5) is 26.9. The Bertz CT molecular complexity index is 909. The van der Waals surface area contributed by atoms with Crippen molar-refractivity contribution in [2.24, 2.45) is 5.92 Å². The maximum Gasteiger partial charge on any atom is 0.225 e. The van der Waals surface area contributed by atoms with Gasteiger partial charge in [0.1, 0.15) is 6.61 Å². The molecule has 1 saturated carbocycles. The number of nitrogens with one attached hydrogen (secondary N) is 1. The number of methoxy groups -OCH3 is 1. The zero-order valence-electron chi connectivity index (χ0n) is 18.0. The lowest BCUT2D eigenvalue weighted by molar-refractivity contribution is -0.130. The van der Waals surface area contributed by atoms with Crippen LogP contribution in [0.25, 0.3) is 0 Å². The summed E-state index contributed by atoms with van der Waals surface area (Å²) in [7, 11) is 1.61. The molecule has 1 aliphatic heterocycles. The van der Waals surface area contributed by atoms with Crippen molar-refractivity contribution in [3.05, 3.63) is 59.7 Å². The number of nitrogens with zero attached hydrogens (tertiary/aromatic N) is 1. The topological polar surface area (TPSA) is 67.9 Å². The fraction of sp³-hybridized carbons (Fsp3) is 0.440. The monoisotopic (exact) mass is 422 g/mol. The van der Waals surface area contributed by atoms with Crippen molar-refractivity contribution < 1.29 is 19.1 Å². The van der Waals surface area contributed by atoms with Crippen LogP contribution in [0.2, 0.25) is 0 Å². The largest absolute Gasteiger partial charge is 0.493 e. The van der Waals surface area contributed by atoms with Gasteiger partial charge >= 0.3 is 0 Å². The molecule has 0 bridgehead atoms. The van der Waals surface area contributed by atoms with Crippen LogP contribution in [-0.2, 0) is 22.7 Å². The van der Waals surface area contributed by atoms with Gasteiger partial charge in [0, 0.05) is 25.6 Å². The van der Waals surface area contributed by atoms with Gasteiger partial charge in [-0.2, -0.15) is 0 Å². The quantitative estimate of drug-likeness (QED) is 0.705. The Morgan fingerprint density at radius 2 is 1.84 bits per heavy atom. The molecule has 2 aromatic carbocycles. The van der Waals surface area contributed by atoms with Crippen LogP contribution >= 0.6 is 0 Å². The van der Waals surface area contributed by atoms with Crippen LogP contribution in [-0.4, -0.2) is 36.4 Å². The maximum atomic E-state index is 12.7. The molecule has 31 heavy (non-hydrogen) atoms. The number of ether oxygens (including phenoxy) is 2. The Labute approximate surface area is 183 Å². The number of amides is 2. The first-order valence-electron chi connectivity index (χ1n) is 11.0. The highest BCUT2D eigenvalue weighted by atomic mass is 16.5. The lowest BCUT2D eigenvalue weighted by Crippen LogP contribution is -2.36. The van der Waals surface area contributed by atoms with E-state index in [0.717, 1.165) is 24.0 Å². The van der Waals surface area contributed by atoms with Crippen LogP contribution in [0.15, 0.2) is 48.5 Å². The van der Waals surface area contributed by atoms with Gasteiger partial charge in [-0.3, -0.25) is 9.59 Å². The SMILES string of the molecule is COc1cc(CNC(=O)C2CC(=O)N(C3CCCC3)C2)ccc1OCc1ccccc1. The molecule has 1 aliphatic carbocycles. The molecule has 6 nitrogen and oxygen atoms in total. The molecule has 4 rings (SSSR count). The van der Waals surface area contributed by atoms with Crippen molar-refractivity contribution in [3.8, 4) is 11.5 Å². The molecule has 1 atom stereocenters. The van der Waals surface area contributed by atoms with Gasteiger partial charge in [0.25, 0.3) is 0 Å². The minimum absolute atomic E-state index is 0.0581. The molecule has 1 saturated heterocycles. The van der Waals surface area contributed by atoms with Crippen molar-refractivity contribution in [1.29, 1.82) is 0 Å². The first-order chi connectivity index (χ1) is 15.1. The zero-order valence-corrected chi connectivity index (χ0v) is 18.0. The van der Waals surface area contributed by atoms with E-state index in [0.29, 0.717) is 43.7 Å². The highest BCUT2D eigenvalue weighted by molar-refractivity contribution is 5.89. The number of hydrogen-bond donors (Lipinski definition) is 1. The van der Waals surface area contributed by atoms with Crippen molar-refractivity contribution >= 4 is 11.8 Å². The third-order valence-electron chi connectivity index (χ3n) is 6.23. The number of carbonyl (C=O) groups is 2. The molecule has 164 valence electrons. The minimum atomic E-state index is -0.261. The van der Waals surface area contributed by atoms with Gasteiger partial charge in [-0.1, -0.05) is 49.2 Å². The molecule has 0 radical (unpaired) electrons. The lowest BCUT2D eigenvalue weighted by atomic mass is 10.1. The number of carbonyl (C=O) groups excluding carboxylic acids is 2. The third-order valence-corrected chi connectivity index (χ3v) is 6.23. The molecular formula is C25H30N2O4. The summed E-state index contributed by atoms with van der Waals surface area (Å²) in [6.45, 7) is 1.40. The molecule has 2 aromatic rings. The molecule has 2 fully saturated rings. The third kappa shape index (κ3) is 5.19. The smallest absolute Gasteiger partial charge is 0.225 e. The molecule has 2 amide bonds. The van der Waals surface area contributed by atoms with Gasteiger partial charge < -0.3 is 19.7 Å². The van der Waals surface area contributed by atoms with Crippen LogP contribution in [0, 0.1) is 5.92 Å². The molecule has 1 heterocycles. The van der Waals surface area contributed by atoms with Crippen LogP contribution in [0.1, 0.15) is 43.2 Å². The van der Waals surface area contributed by atoms with Gasteiger partial charge in [0.05, 0.1) is 13.0 Å². The highest BCUT2D eigenvalue weighted by Gasteiger charge is 2.38. The summed E-state index contributed by atoms with van der Waals surface area (Å²) in [6.07, 6.45) is 4.81. The number of benzene rings is 2. The fourth-order valence-electron chi connectivity index (χ4n) is 4.49. The second-order valence-corrected chi connectivity index (χ2v) is 8.36. The summed E-state index contributed by atoms with van der Waals surface area (Å²) in [5.74, 6) is 1.09. The van der Waals surface area contributed by atoms with Crippen LogP contribution in [0.4, 0.5) is 0 Å². The Hall–Kier alpha value is -3.02. The van der Waals surface area contributed by atoms with E-state index in [9.17, 15) is 9.59 Å². The number of likely N-dealkylation sites (tertiary alicyclic amines) is 1. The highest BCUT2D eigenvalue weighted by Crippen LogP contribution is 2.30. The lowest BCUT2D eigenvalue weighted by Gasteiger charge is -2.23. The van der Waals surface area contributed by atoms with E-state index in [4.69, 9.17) is 9.47 Å². The normalized spacial score (nSPS) is 18.9. The Balaban J connectivity index is 1.31. The average Bonchev–Trinajstić information content (AvgIpc) is 3.46. The number of rotatable bonds is 8. The molecule has 1 N–H and O–H groups in total. The van der Waals surface area contributed by atoms with Gasteiger partial charge in [0.15, 0.2) is 11.5 Å². The minimum Gasteiger partial charge on any atom is -0.493 e. The van der Waals surface area contributed by atoms with Gasteiger partial charge in [-0.25, -0.2) is 0 Å². The van der Waals surface area contributed by atoms with Crippen molar-refractivity contribution in [2.45, 2.75) is 51.3 Å². The Morgan fingerprint density at radius 3 is 2.58 bits per heavy atom. The molecular weight excluding hydrogens is 392 g/mol. The predicted molar refractivity (Wildman–Crippen MR) is 118 cm³/mol. The van der Waals surface area contributed by atoms with E-state index in [-0.39, 0.29) is 17.7 Å². The second-order valence-electron chi connectivity index (χ2n) is 8.36. The predicted octanol–water partition coefficient (Wildman–Crippen LogP) is 3.68. The van der Waals surface area contributed by atoms with Gasteiger partial charge in [-0.15, -0.1) is 0 Å². The van der Waals surface area contributed by atoms with Crippen LogP contribution in [0.3, 0.4) is 0 Å². The summed E-state index contributed by atoms with van der Waals surface area (Å²) in [5, 5.41) is 2.99. The molecule has 2 aliphatic rings. The maximum absolute atomic E-state index is 12.7. The van der Waals surface area contributed by atoms with Crippen LogP contribution < -0.4 is 14.8 Å². The van der Waals surface area contributed by atoms with E-state index in [2.05, 4.69) is 5.32 Å². The van der Waals surface area contributed by atoms with Gasteiger partial charge in [0.2, 0.25) is 11.8 Å². The van der Waals surface area contributed by atoms with E-state index < -0.39 is 0 Å². The molecule has 1 unspecified atom stereocenters. The first kappa shape index (κ1) is 21.2. The summed E-state index contributed by atoms with van der Waals surface area (Å²) >= 11 is 0. The average molecular weight is 423 g/mol. The molecule has 0 aromatic heterocycles. The van der Waals surface area contributed by atoms with E-state index in [1.807, 2.05) is 53.4 Å². The molecule has 6 heteroatoms. The summed E-state index contributed by atoms with van der Waals surface area (Å²) in [6, 6.07) is 16.0. The van der Waals surface area contributed by atoms with Crippen LogP contribution in [0.5, 0.6) is 11.5 Å². The Kier molecular flexibility index (Phi) is 6.75. The summed E-state index contributed by atoms with van der Waals surface area (Å²) in [5.41, 5.74) is 2.01. The first-order valence-corrected chi connectivity index (χ1v) is 11.0. The van der Waals surface area contributed by atoms with Crippen molar-refractivity contribution in [2.75, 3.05) is 13.7 Å². The van der Waals surface area contributed by atoms with Crippen molar-refractivity contribution in [1.82, 2.24) is 10.2 Å². The Morgan fingerprint density at radius 1 is 1.06 bits per heavy atom. The van der Waals surface area contributed by atoms with Gasteiger partial charge in [-0.05, 0) is 36.1 Å². The standard InChI is InChI=1S/C25H30N2O4/c1-30-23-13-19(11-12-22(23)31-17-18-7-3-2-4-8-18)15-26-25(29)20-14-24(28)27(16-20)21-9-5-6-10-21/h2-4,7-8,11-13,20-21H,5-6,9-10,14-17H2,1H3,(H,26,29).